The fourth-order valence-corrected chi connectivity index (χ4v) is 4.09. The summed E-state index contributed by atoms with van der Waals surface area (Å²) >= 11 is 0. The number of amides is 1. The molecule has 3 fully saturated rings. The lowest BCUT2D eigenvalue weighted by Gasteiger charge is -2.41. The van der Waals surface area contributed by atoms with Crippen molar-refractivity contribution in [2.24, 2.45) is 5.92 Å². The molecule has 3 aliphatic heterocycles. The maximum absolute atomic E-state index is 12.8. The van der Waals surface area contributed by atoms with Gasteiger partial charge in [-0.15, -0.1) is 0 Å². The van der Waals surface area contributed by atoms with Crippen LogP contribution in [-0.4, -0.2) is 76.6 Å². The van der Waals surface area contributed by atoms with Crippen molar-refractivity contribution in [3.05, 3.63) is 30.1 Å². The lowest BCUT2D eigenvalue weighted by atomic mass is 9.89. The molecule has 4 rings (SSSR count). The van der Waals surface area contributed by atoms with Crippen LogP contribution in [0.15, 0.2) is 24.4 Å². The van der Waals surface area contributed by atoms with Gasteiger partial charge in [0.05, 0.1) is 24.3 Å². The van der Waals surface area contributed by atoms with Crippen LogP contribution in [0.25, 0.3) is 0 Å². The van der Waals surface area contributed by atoms with Crippen LogP contribution in [0, 0.1) is 5.92 Å². The number of aromatic nitrogens is 1. The second-order valence-electron chi connectivity index (χ2n) is 7.73. The maximum Gasteiger partial charge on any atom is 0.490 e. The van der Waals surface area contributed by atoms with Gasteiger partial charge in [-0.2, -0.15) is 13.2 Å². The number of pyridine rings is 1. The molecule has 172 valence electrons. The number of nitrogens with zero attached hydrogens (tertiary/aromatic N) is 3. The summed E-state index contributed by atoms with van der Waals surface area (Å²) in [4.78, 5) is 34.1. The van der Waals surface area contributed by atoms with Crippen molar-refractivity contribution in [1.82, 2.24) is 14.9 Å². The Morgan fingerprint density at radius 1 is 1.23 bits per heavy atom. The Morgan fingerprint density at radius 3 is 2.61 bits per heavy atom. The van der Waals surface area contributed by atoms with Gasteiger partial charge in [0.2, 0.25) is 0 Å². The van der Waals surface area contributed by atoms with Crippen LogP contribution in [0.5, 0.6) is 0 Å². The Kier molecular flexibility index (Phi) is 7.84. The molecule has 3 aliphatic rings. The van der Waals surface area contributed by atoms with Crippen LogP contribution >= 0.6 is 0 Å². The number of halogens is 3. The van der Waals surface area contributed by atoms with Crippen LogP contribution in [0.3, 0.4) is 0 Å². The summed E-state index contributed by atoms with van der Waals surface area (Å²) in [6, 6.07) is 6.39. The Hall–Kier alpha value is -2.24. The summed E-state index contributed by atoms with van der Waals surface area (Å²) in [7, 11) is 0. The van der Waals surface area contributed by atoms with Gasteiger partial charge in [-0.1, -0.05) is 6.07 Å². The average molecular weight is 445 g/mol. The van der Waals surface area contributed by atoms with Crippen LogP contribution in [0.2, 0.25) is 0 Å². The Labute approximate surface area is 177 Å². The largest absolute Gasteiger partial charge is 0.490 e. The Morgan fingerprint density at radius 2 is 2.00 bits per heavy atom. The van der Waals surface area contributed by atoms with Gasteiger partial charge in [-0.3, -0.25) is 19.5 Å². The fourth-order valence-electron chi connectivity index (χ4n) is 4.09. The minimum Gasteiger partial charge on any atom is -0.475 e. The van der Waals surface area contributed by atoms with E-state index in [1.54, 1.807) is 5.06 Å². The second-order valence-corrected chi connectivity index (χ2v) is 7.73. The predicted octanol–water partition coefficient (Wildman–Crippen LogP) is 2.25. The fraction of sp³-hybridized carbons (Fsp3) is 0.650. The molecule has 11 heteroatoms. The SMILES string of the molecule is O=C(O)C(F)(F)F.O=C([C@H]1C[C@H]2OCC[C@H]2N(Cc2ccccn2)C1)N1CCCCO1. The lowest BCUT2D eigenvalue weighted by Crippen LogP contribution is -2.53. The van der Waals surface area contributed by atoms with Gasteiger partial charge in [-0.05, 0) is 37.8 Å². The summed E-state index contributed by atoms with van der Waals surface area (Å²) in [5, 5.41) is 8.71. The van der Waals surface area contributed by atoms with Crippen LogP contribution in [0.4, 0.5) is 13.2 Å². The number of hydrogen-bond acceptors (Lipinski definition) is 6. The molecule has 4 heterocycles. The number of piperidine rings is 1. The van der Waals surface area contributed by atoms with Crippen LogP contribution < -0.4 is 0 Å². The summed E-state index contributed by atoms with van der Waals surface area (Å²) in [6.45, 7) is 3.69. The standard InChI is InChI=1S/C18H25N3O3.C2HF3O2/c22-18(21-8-3-4-9-24-21)14-11-17-16(6-10-23-17)20(12-14)13-15-5-1-2-7-19-15;3-2(4,5)1(6)7/h1-2,5,7,14,16-17H,3-4,6,8-13H2;(H,6,7)/t14-,16+,17+;/m0./s1. The number of aliphatic carboxylic acids is 1. The highest BCUT2D eigenvalue weighted by Gasteiger charge is 2.43. The molecule has 1 amide bonds. The number of hydrogen-bond donors (Lipinski definition) is 1. The van der Waals surface area contributed by atoms with E-state index in [1.807, 2.05) is 24.4 Å². The molecule has 31 heavy (non-hydrogen) atoms. The van der Waals surface area contributed by atoms with Gasteiger partial charge < -0.3 is 9.84 Å². The zero-order valence-corrected chi connectivity index (χ0v) is 17.0. The number of likely N-dealkylation sites (tertiary alicyclic amines) is 1. The van der Waals surface area contributed by atoms with Gasteiger partial charge in [0.1, 0.15) is 0 Å². The Bertz CT molecular complexity index is 743. The number of fused-ring (bicyclic) bond motifs is 1. The number of hydroxylamine groups is 2. The van der Waals surface area contributed by atoms with Crippen molar-refractivity contribution in [2.75, 3.05) is 26.3 Å². The quantitative estimate of drug-likeness (QED) is 0.763. The van der Waals surface area contributed by atoms with Crippen molar-refractivity contribution in [2.45, 2.75) is 50.6 Å². The average Bonchev–Trinajstić information content (AvgIpc) is 3.23. The zero-order valence-electron chi connectivity index (χ0n) is 17.0. The van der Waals surface area contributed by atoms with Gasteiger partial charge in [0, 0.05) is 38.5 Å². The van der Waals surface area contributed by atoms with Crippen molar-refractivity contribution in [1.29, 1.82) is 0 Å². The molecule has 8 nitrogen and oxygen atoms in total. The number of alkyl halides is 3. The van der Waals surface area contributed by atoms with Gasteiger partial charge in [0.15, 0.2) is 0 Å². The number of carbonyl (C=O) groups is 2. The Balaban J connectivity index is 0.000000339. The molecular formula is C20H26F3N3O5. The molecule has 1 aromatic rings. The van der Waals surface area contributed by atoms with E-state index in [-0.39, 0.29) is 17.9 Å². The van der Waals surface area contributed by atoms with E-state index in [4.69, 9.17) is 19.5 Å². The monoisotopic (exact) mass is 445 g/mol. The zero-order chi connectivity index (χ0) is 22.4. The second kappa shape index (κ2) is 10.4. The maximum atomic E-state index is 12.8. The smallest absolute Gasteiger partial charge is 0.475 e. The third-order valence-electron chi connectivity index (χ3n) is 5.55. The van der Waals surface area contributed by atoms with E-state index in [2.05, 4.69) is 9.88 Å². The highest BCUT2D eigenvalue weighted by molar-refractivity contribution is 5.78. The molecule has 0 spiro atoms. The molecule has 0 aliphatic carbocycles. The summed E-state index contributed by atoms with van der Waals surface area (Å²) < 4.78 is 37.7. The van der Waals surface area contributed by atoms with Crippen molar-refractivity contribution in [3.63, 3.8) is 0 Å². The first-order valence-corrected chi connectivity index (χ1v) is 10.3. The first-order chi connectivity index (χ1) is 14.8. The normalized spacial score (nSPS) is 26.5. The van der Waals surface area contributed by atoms with Crippen LogP contribution in [0.1, 0.15) is 31.4 Å². The molecule has 0 unspecified atom stereocenters. The molecule has 1 aromatic heterocycles. The first-order valence-electron chi connectivity index (χ1n) is 10.3. The molecular weight excluding hydrogens is 419 g/mol. The van der Waals surface area contributed by atoms with E-state index in [1.165, 1.54) is 0 Å². The summed E-state index contributed by atoms with van der Waals surface area (Å²) in [5.74, 6) is -2.69. The van der Waals surface area contributed by atoms with Crippen molar-refractivity contribution < 1.29 is 37.4 Å². The van der Waals surface area contributed by atoms with E-state index in [9.17, 15) is 18.0 Å². The lowest BCUT2D eigenvalue weighted by molar-refractivity contribution is -0.204. The third-order valence-corrected chi connectivity index (χ3v) is 5.55. The molecule has 0 saturated carbocycles. The van der Waals surface area contributed by atoms with Crippen molar-refractivity contribution >= 4 is 11.9 Å². The van der Waals surface area contributed by atoms with E-state index < -0.39 is 12.1 Å². The topological polar surface area (TPSA) is 92.2 Å². The molecule has 0 bridgehead atoms. The molecule has 3 atom stereocenters. The van der Waals surface area contributed by atoms with Gasteiger partial charge >= 0.3 is 12.1 Å². The summed E-state index contributed by atoms with van der Waals surface area (Å²) in [6.07, 6.45) is 0.806. The van der Waals surface area contributed by atoms with Gasteiger partial charge in [-0.25, -0.2) is 9.86 Å². The number of carboxylic acids is 1. The minimum absolute atomic E-state index is 0.0498. The molecule has 0 aromatic carbocycles. The third kappa shape index (κ3) is 6.37. The predicted molar refractivity (Wildman–Crippen MR) is 101 cm³/mol. The number of carbonyl (C=O) groups excluding carboxylic acids is 1. The minimum atomic E-state index is -5.08. The molecule has 3 saturated heterocycles. The summed E-state index contributed by atoms with van der Waals surface area (Å²) in [5.41, 5.74) is 1.05. The highest BCUT2D eigenvalue weighted by Crippen LogP contribution is 2.33. The van der Waals surface area contributed by atoms with Gasteiger partial charge in [0.25, 0.3) is 5.91 Å². The molecule has 0 radical (unpaired) electrons. The first kappa shape index (κ1) is 23.4. The number of carboxylic acid groups (broad SMARTS) is 1. The van der Waals surface area contributed by atoms with E-state index >= 15 is 0 Å². The van der Waals surface area contributed by atoms with Crippen LogP contribution in [-0.2, 0) is 25.7 Å². The van der Waals surface area contributed by atoms with E-state index in [0.717, 1.165) is 51.1 Å². The molecule has 1 N–H and O–H groups in total. The number of rotatable bonds is 3. The van der Waals surface area contributed by atoms with Crippen molar-refractivity contribution in [3.8, 4) is 0 Å². The number of ether oxygens (including phenoxy) is 1. The highest BCUT2D eigenvalue weighted by atomic mass is 19.4. The van der Waals surface area contributed by atoms with E-state index in [0.29, 0.717) is 19.2 Å².